The normalized spacial score (nSPS) is 25.3. The maximum Gasteiger partial charge on any atom is 0.419 e. The van der Waals surface area contributed by atoms with E-state index in [4.69, 9.17) is 9.47 Å². The number of hydrogen-bond acceptors (Lipinski definition) is 7. The van der Waals surface area contributed by atoms with E-state index in [9.17, 15) is 26.4 Å². The van der Waals surface area contributed by atoms with Crippen molar-refractivity contribution < 1.29 is 35.9 Å². The molecule has 0 saturated carbocycles. The smallest absolute Gasteiger partial charge is 0.419 e. The molecule has 0 unspecified atom stereocenters. The molecule has 2 aromatic carbocycles. The summed E-state index contributed by atoms with van der Waals surface area (Å²) in [6.07, 6.45) is -1.21. The van der Waals surface area contributed by atoms with Crippen LogP contribution in [0.5, 0.6) is 5.75 Å². The molecule has 5 aliphatic heterocycles. The number of piperidine rings is 1. The van der Waals surface area contributed by atoms with Gasteiger partial charge in [-0.25, -0.2) is 12.7 Å². The Morgan fingerprint density at radius 3 is 2.42 bits per heavy atom. The Balaban J connectivity index is 1.32. The number of nitrogens with zero attached hydrogens (tertiary/aromatic N) is 3. The number of amidine groups is 1. The van der Waals surface area contributed by atoms with Crippen molar-refractivity contribution in [3.8, 4) is 5.75 Å². The molecule has 5 aliphatic rings. The lowest BCUT2D eigenvalue weighted by atomic mass is 9.89. The highest BCUT2D eigenvalue weighted by Crippen LogP contribution is 2.38. The van der Waals surface area contributed by atoms with Gasteiger partial charge in [0.25, 0.3) is 5.91 Å². The van der Waals surface area contributed by atoms with Gasteiger partial charge in [0.1, 0.15) is 11.6 Å². The number of hydrogen-bond donors (Lipinski definition) is 1. The number of benzene rings is 2. The molecule has 5 heterocycles. The first kappa shape index (κ1) is 33.2. The number of likely N-dealkylation sites (N-methyl/N-ethyl adjacent to an activating group) is 1. The van der Waals surface area contributed by atoms with Crippen molar-refractivity contribution in [1.82, 2.24) is 14.5 Å². The summed E-state index contributed by atoms with van der Waals surface area (Å²) in [5.41, 5.74) is 1.48. The van der Waals surface area contributed by atoms with Gasteiger partial charge in [0.2, 0.25) is 10.0 Å². The highest BCUT2D eigenvalue weighted by atomic mass is 32.2. The quantitative estimate of drug-likeness (QED) is 0.453. The number of sulfonamides is 1. The van der Waals surface area contributed by atoms with Gasteiger partial charge in [-0.2, -0.15) is 13.2 Å². The van der Waals surface area contributed by atoms with Crippen LogP contribution in [0.15, 0.2) is 41.4 Å². The first-order valence-electron chi connectivity index (χ1n) is 15.4. The average molecular weight is 651 g/mol. The second kappa shape index (κ2) is 13.7. The lowest BCUT2D eigenvalue weighted by Gasteiger charge is -2.38. The number of fused-ring (bicyclic) bond motifs is 2. The third-order valence-corrected chi connectivity index (χ3v) is 10.8. The molecule has 2 aromatic rings. The zero-order valence-electron chi connectivity index (χ0n) is 25.8. The average Bonchev–Trinajstić information content (AvgIpc) is 3.41. The monoisotopic (exact) mass is 650 g/mol. The Morgan fingerprint density at radius 1 is 0.956 bits per heavy atom. The predicted molar refractivity (Wildman–Crippen MR) is 165 cm³/mol. The summed E-state index contributed by atoms with van der Waals surface area (Å²) in [7, 11) is -1.83. The first-order chi connectivity index (χ1) is 21.4. The fraction of sp³-hybridized carbons (Fsp3) is 0.562. The van der Waals surface area contributed by atoms with Crippen molar-refractivity contribution in [3.63, 3.8) is 0 Å². The van der Waals surface area contributed by atoms with E-state index in [2.05, 4.69) is 10.3 Å². The Labute approximate surface area is 262 Å². The van der Waals surface area contributed by atoms with Gasteiger partial charge in [-0.05, 0) is 80.8 Å². The number of alkyl halides is 3. The molecule has 7 bridgehead atoms. The number of amides is 1. The maximum absolute atomic E-state index is 13.8. The molecule has 45 heavy (non-hydrogen) atoms. The zero-order chi connectivity index (χ0) is 32.2. The van der Waals surface area contributed by atoms with Crippen LogP contribution in [0.4, 0.5) is 13.2 Å². The number of carbonyl (C=O) groups is 1. The molecule has 1 N–H and O–H groups in total. The van der Waals surface area contributed by atoms with E-state index < -0.39 is 27.3 Å². The predicted octanol–water partition coefficient (Wildman–Crippen LogP) is 4.42. The van der Waals surface area contributed by atoms with Crippen LogP contribution in [0.1, 0.15) is 64.7 Å². The SMILES string of the molecule is Cc1cc2ccc1CCS(=O)(=O)N1CCC3(CC1)CN=C(N3)c1ccc(C(F)(F)F)c(c1)OCCCCCOCCN(C)C2=O. The largest absolute Gasteiger partial charge is 0.493 e. The topological polar surface area (TPSA) is 101 Å². The standard InChI is InChI=1S/C32H41F3N4O5S/c1-23-20-26-7-6-24(23)10-19-45(41,42)39-13-11-31(12-14-39)22-36-29(37-31)25-8-9-27(32(33,34)35)28(21-25)44-17-5-3-4-16-43-18-15-38(2)30(26)40/h6-9,20-21H,3-5,10-19,22H2,1-2H3,(H,36,37). The third kappa shape index (κ3) is 7.98. The van der Waals surface area contributed by atoms with Crippen molar-refractivity contribution in [2.75, 3.05) is 58.8 Å². The van der Waals surface area contributed by atoms with Crippen molar-refractivity contribution in [2.24, 2.45) is 4.99 Å². The summed E-state index contributed by atoms with van der Waals surface area (Å²) in [4.78, 5) is 19.2. The van der Waals surface area contributed by atoms with Gasteiger partial charge in [0.05, 0.1) is 36.6 Å². The molecule has 1 fully saturated rings. The molecule has 1 saturated heterocycles. The number of carbonyl (C=O) groups excluding carboxylic acids is 1. The molecule has 7 rings (SSSR count). The van der Waals surface area contributed by atoms with Crippen LogP contribution in [-0.2, 0) is 27.4 Å². The first-order valence-corrected chi connectivity index (χ1v) is 17.1. The Bertz CT molecular complexity index is 1520. The summed E-state index contributed by atoms with van der Waals surface area (Å²) in [6.45, 7) is 4.28. The van der Waals surface area contributed by atoms with Gasteiger partial charge in [-0.1, -0.05) is 12.1 Å². The summed E-state index contributed by atoms with van der Waals surface area (Å²) in [5.74, 6) is 0.0566. The summed E-state index contributed by atoms with van der Waals surface area (Å²) in [6, 6.07) is 9.18. The van der Waals surface area contributed by atoms with Gasteiger partial charge in [-0.15, -0.1) is 0 Å². The fourth-order valence-corrected chi connectivity index (χ4v) is 7.47. The van der Waals surface area contributed by atoms with Crippen LogP contribution < -0.4 is 10.1 Å². The van der Waals surface area contributed by atoms with Crippen LogP contribution in [0.25, 0.3) is 0 Å². The highest BCUT2D eigenvalue weighted by Gasteiger charge is 2.42. The minimum absolute atomic E-state index is 0.0467. The number of halogens is 3. The van der Waals surface area contributed by atoms with Gasteiger partial charge >= 0.3 is 6.18 Å². The van der Waals surface area contributed by atoms with Gasteiger partial charge in [0, 0.05) is 44.4 Å². The number of aryl methyl sites for hydroxylation is 2. The van der Waals surface area contributed by atoms with Crippen LogP contribution >= 0.6 is 0 Å². The molecular weight excluding hydrogens is 609 g/mol. The summed E-state index contributed by atoms with van der Waals surface area (Å²) in [5, 5.41) is 3.41. The molecule has 0 atom stereocenters. The van der Waals surface area contributed by atoms with Crippen molar-refractivity contribution in [3.05, 3.63) is 64.2 Å². The fourth-order valence-electron chi connectivity index (χ4n) is 5.99. The van der Waals surface area contributed by atoms with Crippen molar-refractivity contribution in [1.29, 1.82) is 0 Å². The van der Waals surface area contributed by atoms with Crippen LogP contribution in [0.2, 0.25) is 0 Å². The number of ether oxygens (including phenoxy) is 2. The molecular formula is C32H41F3N4O5S. The lowest BCUT2D eigenvalue weighted by molar-refractivity contribution is -0.139. The molecule has 246 valence electrons. The van der Waals surface area contributed by atoms with E-state index in [1.165, 1.54) is 16.4 Å². The van der Waals surface area contributed by atoms with Crippen LogP contribution in [0.3, 0.4) is 0 Å². The second-order valence-electron chi connectivity index (χ2n) is 12.1. The van der Waals surface area contributed by atoms with E-state index in [0.717, 1.165) is 17.2 Å². The number of nitrogens with one attached hydrogen (secondary N) is 1. The van der Waals surface area contributed by atoms with Crippen molar-refractivity contribution >= 4 is 21.8 Å². The Hall–Kier alpha value is -3.16. The van der Waals surface area contributed by atoms with E-state index in [-0.39, 0.29) is 24.0 Å². The Kier molecular flexibility index (Phi) is 10.1. The van der Waals surface area contributed by atoms with E-state index >= 15 is 0 Å². The molecule has 13 heteroatoms. The highest BCUT2D eigenvalue weighted by molar-refractivity contribution is 7.89. The van der Waals surface area contributed by atoms with Gasteiger partial charge in [0.15, 0.2) is 0 Å². The summed E-state index contributed by atoms with van der Waals surface area (Å²) < 4.78 is 80.7. The summed E-state index contributed by atoms with van der Waals surface area (Å²) >= 11 is 0. The van der Waals surface area contributed by atoms with E-state index in [0.29, 0.717) is 94.9 Å². The minimum atomic E-state index is -4.57. The minimum Gasteiger partial charge on any atom is -0.493 e. The number of aliphatic imine (C=N–C) groups is 1. The molecule has 0 aliphatic carbocycles. The zero-order valence-corrected chi connectivity index (χ0v) is 26.6. The maximum atomic E-state index is 13.8. The molecule has 0 radical (unpaired) electrons. The van der Waals surface area contributed by atoms with Gasteiger partial charge < -0.3 is 19.7 Å². The van der Waals surface area contributed by atoms with Crippen LogP contribution in [-0.4, -0.2) is 93.7 Å². The molecule has 1 spiro atoms. The third-order valence-electron chi connectivity index (χ3n) is 8.88. The number of rotatable bonds is 0. The molecule has 1 amide bonds. The van der Waals surface area contributed by atoms with Gasteiger partial charge in [-0.3, -0.25) is 9.79 Å². The second-order valence-corrected chi connectivity index (χ2v) is 14.2. The molecule has 9 nitrogen and oxygen atoms in total. The lowest BCUT2D eigenvalue weighted by Crippen LogP contribution is -2.55. The van der Waals surface area contributed by atoms with E-state index in [1.807, 2.05) is 13.0 Å². The molecule has 0 aromatic heterocycles. The van der Waals surface area contributed by atoms with E-state index in [1.54, 1.807) is 24.1 Å². The van der Waals surface area contributed by atoms with Crippen LogP contribution in [0, 0.1) is 6.92 Å². The van der Waals surface area contributed by atoms with Crippen molar-refractivity contribution in [2.45, 2.75) is 57.2 Å². The Morgan fingerprint density at radius 2 is 1.69 bits per heavy atom.